The highest BCUT2D eigenvalue weighted by molar-refractivity contribution is 6.00. The molecule has 3 amide bonds. The van der Waals surface area contributed by atoms with E-state index in [0.29, 0.717) is 30.4 Å². The standard InChI is InChI=1S/C19H22N4O2.ClH/c1-14-13-23(12-11-20-14)18(24)15-7-9-17(10-8-15)22-19(25)21-16-5-3-2-4-6-16;/h2-10,14,20H,11-13H2,1H3,(H2,21,22,25);1H. The number of anilines is 2. The van der Waals surface area contributed by atoms with Gasteiger partial charge in [-0.1, -0.05) is 18.2 Å². The summed E-state index contributed by atoms with van der Waals surface area (Å²) in [5.74, 6) is 0.0219. The van der Waals surface area contributed by atoms with E-state index in [-0.39, 0.29) is 24.3 Å². The van der Waals surface area contributed by atoms with E-state index in [1.54, 1.807) is 24.3 Å². The summed E-state index contributed by atoms with van der Waals surface area (Å²) in [6.45, 7) is 4.30. The quantitative estimate of drug-likeness (QED) is 0.772. The number of urea groups is 1. The zero-order valence-electron chi connectivity index (χ0n) is 14.6. The Morgan fingerprint density at radius 2 is 1.62 bits per heavy atom. The second-order valence-corrected chi connectivity index (χ2v) is 6.13. The molecule has 1 aliphatic rings. The Bertz CT molecular complexity index is 737. The molecule has 1 heterocycles. The van der Waals surface area contributed by atoms with Gasteiger partial charge in [-0.3, -0.25) is 4.79 Å². The summed E-state index contributed by atoms with van der Waals surface area (Å²) in [5.41, 5.74) is 1.99. The number of benzene rings is 2. The van der Waals surface area contributed by atoms with E-state index in [1.807, 2.05) is 35.2 Å². The highest BCUT2D eigenvalue weighted by Crippen LogP contribution is 2.14. The molecule has 0 aliphatic carbocycles. The Morgan fingerprint density at radius 3 is 2.23 bits per heavy atom. The number of nitrogens with zero attached hydrogens (tertiary/aromatic N) is 1. The molecule has 0 spiro atoms. The maximum absolute atomic E-state index is 12.5. The second kappa shape index (κ2) is 9.22. The summed E-state index contributed by atoms with van der Waals surface area (Å²) in [5, 5.41) is 8.83. The summed E-state index contributed by atoms with van der Waals surface area (Å²) in [6.07, 6.45) is 0. The SMILES string of the molecule is CC1CN(C(=O)c2ccc(NC(=O)Nc3ccccc3)cc2)CCN1.Cl. The largest absolute Gasteiger partial charge is 0.336 e. The predicted molar refractivity (Wildman–Crippen MR) is 106 cm³/mol. The summed E-state index contributed by atoms with van der Waals surface area (Å²) in [4.78, 5) is 26.4. The van der Waals surface area contributed by atoms with Crippen LogP contribution in [0.25, 0.3) is 0 Å². The first-order chi connectivity index (χ1) is 12.1. The van der Waals surface area contributed by atoms with Crippen molar-refractivity contribution in [2.75, 3.05) is 30.3 Å². The molecule has 26 heavy (non-hydrogen) atoms. The molecule has 6 nitrogen and oxygen atoms in total. The van der Waals surface area contributed by atoms with Crippen LogP contribution in [0.5, 0.6) is 0 Å². The molecule has 1 saturated heterocycles. The van der Waals surface area contributed by atoms with Crippen LogP contribution >= 0.6 is 12.4 Å². The fraction of sp³-hybridized carbons (Fsp3) is 0.263. The zero-order valence-corrected chi connectivity index (χ0v) is 15.4. The van der Waals surface area contributed by atoms with Gasteiger partial charge in [0.05, 0.1) is 0 Å². The van der Waals surface area contributed by atoms with Crippen LogP contribution in [-0.4, -0.2) is 42.5 Å². The maximum atomic E-state index is 12.5. The van der Waals surface area contributed by atoms with Crippen molar-refractivity contribution in [1.82, 2.24) is 10.2 Å². The number of hydrogen-bond donors (Lipinski definition) is 3. The van der Waals surface area contributed by atoms with Crippen LogP contribution in [-0.2, 0) is 0 Å². The topological polar surface area (TPSA) is 73.5 Å². The van der Waals surface area contributed by atoms with Crippen molar-refractivity contribution in [3.8, 4) is 0 Å². The van der Waals surface area contributed by atoms with Gasteiger partial charge in [-0.05, 0) is 43.3 Å². The van der Waals surface area contributed by atoms with Crippen LogP contribution in [0.15, 0.2) is 54.6 Å². The molecule has 1 aliphatic heterocycles. The molecule has 7 heteroatoms. The molecule has 0 saturated carbocycles. The van der Waals surface area contributed by atoms with Crippen molar-refractivity contribution in [3.05, 3.63) is 60.2 Å². The number of nitrogens with one attached hydrogen (secondary N) is 3. The molecule has 1 unspecified atom stereocenters. The van der Waals surface area contributed by atoms with Crippen LogP contribution < -0.4 is 16.0 Å². The van der Waals surface area contributed by atoms with Crippen LogP contribution in [0.1, 0.15) is 17.3 Å². The van der Waals surface area contributed by atoms with Crippen molar-refractivity contribution < 1.29 is 9.59 Å². The molecule has 3 rings (SSSR count). The van der Waals surface area contributed by atoms with Crippen LogP contribution in [0.2, 0.25) is 0 Å². The average Bonchev–Trinajstić information content (AvgIpc) is 2.62. The minimum Gasteiger partial charge on any atom is -0.336 e. The molecule has 0 bridgehead atoms. The Kier molecular flexibility index (Phi) is 7.00. The van der Waals surface area contributed by atoms with Gasteiger partial charge in [-0.15, -0.1) is 12.4 Å². The lowest BCUT2D eigenvalue weighted by atomic mass is 10.1. The summed E-state index contributed by atoms with van der Waals surface area (Å²) in [7, 11) is 0. The first kappa shape index (κ1) is 19.8. The normalized spacial score (nSPS) is 16.3. The van der Waals surface area contributed by atoms with Crippen LogP contribution in [0.4, 0.5) is 16.2 Å². The molecule has 0 radical (unpaired) electrons. The lowest BCUT2D eigenvalue weighted by Crippen LogP contribution is -2.51. The first-order valence-corrected chi connectivity index (χ1v) is 8.37. The number of amides is 3. The number of piperazine rings is 1. The van der Waals surface area contributed by atoms with Gasteiger partial charge in [0, 0.05) is 42.6 Å². The highest BCUT2D eigenvalue weighted by atomic mass is 35.5. The summed E-state index contributed by atoms with van der Waals surface area (Å²) >= 11 is 0. The van der Waals surface area contributed by atoms with E-state index in [9.17, 15) is 9.59 Å². The number of halogens is 1. The van der Waals surface area contributed by atoms with Crippen molar-refractivity contribution in [1.29, 1.82) is 0 Å². The number of para-hydroxylation sites is 1. The number of hydrogen-bond acceptors (Lipinski definition) is 3. The van der Waals surface area contributed by atoms with E-state index in [2.05, 4.69) is 22.9 Å². The third kappa shape index (κ3) is 5.21. The van der Waals surface area contributed by atoms with E-state index in [1.165, 1.54) is 0 Å². The van der Waals surface area contributed by atoms with Gasteiger partial charge in [-0.25, -0.2) is 4.79 Å². The lowest BCUT2D eigenvalue weighted by Gasteiger charge is -2.32. The van der Waals surface area contributed by atoms with Gasteiger partial charge in [0.15, 0.2) is 0 Å². The third-order valence-corrected chi connectivity index (χ3v) is 4.08. The first-order valence-electron chi connectivity index (χ1n) is 8.37. The molecule has 1 fully saturated rings. The molecular weight excluding hydrogens is 352 g/mol. The monoisotopic (exact) mass is 374 g/mol. The van der Waals surface area contributed by atoms with Crippen molar-refractivity contribution >= 4 is 35.7 Å². The van der Waals surface area contributed by atoms with E-state index >= 15 is 0 Å². The number of carbonyl (C=O) groups excluding carboxylic acids is 2. The second-order valence-electron chi connectivity index (χ2n) is 6.13. The van der Waals surface area contributed by atoms with Crippen molar-refractivity contribution in [3.63, 3.8) is 0 Å². The summed E-state index contributed by atoms with van der Waals surface area (Å²) in [6, 6.07) is 16.2. The van der Waals surface area contributed by atoms with Gasteiger partial charge >= 0.3 is 6.03 Å². The molecule has 3 N–H and O–H groups in total. The fourth-order valence-corrected chi connectivity index (χ4v) is 2.81. The molecule has 138 valence electrons. The highest BCUT2D eigenvalue weighted by Gasteiger charge is 2.21. The van der Waals surface area contributed by atoms with Crippen LogP contribution in [0.3, 0.4) is 0 Å². The molecule has 0 aromatic heterocycles. The van der Waals surface area contributed by atoms with Gasteiger partial charge in [0.2, 0.25) is 0 Å². The average molecular weight is 375 g/mol. The van der Waals surface area contributed by atoms with E-state index in [0.717, 1.165) is 12.2 Å². The Balaban J connectivity index is 0.00000243. The third-order valence-electron chi connectivity index (χ3n) is 4.08. The summed E-state index contributed by atoms with van der Waals surface area (Å²) < 4.78 is 0. The van der Waals surface area contributed by atoms with Crippen molar-refractivity contribution in [2.24, 2.45) is 0 Å². The van der Waals surface area contributed by atoms with E-state index in [4.69, 9.17) is 0 Å². The Morgan fingerprint density at radius 1 is 1.00 bits per heavy atom. The molecule has 1 atom stereocenters. The maximum Gasteiger partial charge on any atom is 0.323 e. The lowest BCUT2D eigenvalue weighted by molar-refractivity contribution is 0.0709. The fourth-order valence-electron chi connectivity index (χ4n) is 2.81. The van der Waals surface area contributed by atoms with Gasteiger partial charge in [0.25, 0.3) is 5.91 Å². The van der Waals surface area contributed by atoms with E-state index < -0.39 is 0 Å². The smallest absolute Gasteiger partial charge is 0.323 e. The Hall–Kier alpha value is -2.57. The minimum atomic E-state index is -0.318. The van der Waals surface area contributed by atoms with Gasteiger partial charge < -0.3 is 20.9 Å². The predicted octanol–water partition coefficient (Wildman–Crippen LogP) is 3.19. The van der Waals surface area contributed by atoms with Crippen LogP contribution in [0, 0.1) is 0 Å². The molecule has 2 aromatic carbocycles. The van der Waals surface area contributed by atoms with Gasteiger partial charge in [0.1, 0.15) is 0 Å². The number of rotatable bonds is 3. The molecule has 2 aromatic rings. The number of carbonyl (C=O) groups is 2. The molecular formula is C19H23ClN4O2. The van der Waals surface area contributed by atoms with Gasteiger partial charge in [-0.2, -0.15) is 0 Å². The zero-order chi connectivity index (χ0) is 17.6. The van der Waals surface area contributed by atoms with Crippen molar-refractivity contribution in [2.45, 2.75) is 13.0 Å². The minimum absolute atomic E-state index is 0. The Labute approximate surface area is 159 Å².